The van der Waals surface area contributed by atoms with Crippen molar-refractivity contribution in [3.05, 3.63) is 12.2 Å². The maximum absolute atomic E-state index is 13.2. The van der Waals surface area contributed by atoms with Crippen LogP contribution in [0.1, 0.15) is 54.4 Å². The Morgan fingerprint density at radius 2 is 1.86 bits per heavy atom. The summed E-state index contributed by atoms with van der Waals surface area (Å²) in [5, 5.41) is 19.8. The van der Waals surface area contributed by atoms with E-state index in [0.29, 0.717) is 12.2 Å². The van der Waals surface area contributed by atoms with Crippen LogP contribution in [0.2, 0.25) is 0 Å². The fourth-order valence-electron chi connectivity index (χ4n) is 3.71. The molecule has 0 radical (unpaired) electrons. The van der Waals surface area contributed by atoms with Gasteiger partial charge in [0.1, 0.15) is 24.2 Å². The monoisotopic (exact) mass is 560 g/mol. The van der Waals surface area contributed by atoms with Gasteiger partial charge in [0.2, 0.25) is 17.7 Å². The summed E-state index contributed by atoms with van der Waals surface area (Å²) in [6, 6.07) is -3.30. The zero-order chi connectivity index (χ0) is 28.1. The topological polar surface area (TPSA) is 146 Å². The Balaban J connectivity index is 2.89. The van der Waals surface area contributed by atoms with E-state index < -0.39 is 54.0 Å². The first-order chi connectivity index (χ1) is 17.5. The number of esters is 1. The van der Waals surface area contributed by atoms with E-state index in [1.54, 1.807) is 0 Å². The Kier molecular flexibility index (Phi) is 15.2. The van der Waals surface area contributed by atoms with Gasteiger partial charge >= 0.3 is 5.97 Å². The molecule has 1 saturated heterocycles. The first kappa shape index (κ1) is 33.3. The van der Waals surface area contributed by atoms with Gasteiger partial charge in [-0.2, -0.15) is 24.4 Å². The van der Waals surface area contributed by atoms with Gasteiger partial charge in [-0.1, -0.05) is 47.6 Å². The Bertz CT molecular complexity index is 795. The standard InChI is InChI=1S/C25H44N4O6S2/c1-7-17(10-8-9-11-36)35-25(34)20(15(4)5)28-24(33)21-16(6)37-12-18(22(31)29-21)27-23(32)19(14(2)3)26-13-30/h8,10,14-21,26,30,36H,7,9,11-13H2,1-6H3,(H,27,32)(H,28,33)(H,29,31)/b10-8+. The van der Waals surface area contributed by atoms with Crippen molar-refractivity contribution in [1.29, 1.82) is 0 Å². The summed E-state index contributed by atoms with van der Waals surface area (Å²) in [5.74, 6) is -1.29. The summed E-state index contributed by atoms with van der Waals surface area (Å²) in [5.41, 5.74) is 0. The lowest BCUT2D eigenvalue weighted by Gasteiger charge is -2.27. The van der Waals surface area contributed by atoms with Gasteiger partial charge in [0.25, 0.3) is 0 Å². The molecule has 0 bridgehead atoms. The summed E-state index contributed by atoms with van der Waals surface area (Å²) in [6.45, 7) is 10.6. The van der Waals surface area contributed by atoms with Gasteiger partial charge in [-0.3, -0.25) is 19.7 Å². The van der Waals surface area contributed by atoms with Crippen LogP contribution in [-0.4, -0.2) is 82.6 Å². The fraction of sp³-hybridized carbons (Fsp3) is 0.760. The molecule has 6 unspecified atom stereocenters. The van der Waals surface area contributed by atoms with E-state index in [4.69, 9.17) is 4.74 Å². The number of allylic oxidation sites excluding steroid dienone is 1. The molecule has 6 atom stereocenters. The molecular weight excluding hydrogens is 516 g/mol. The average molecular weight is 561 g/mol. The highest BCUT2D eigenvalue weighted by Crippen LogP contribution is 2.21. The molecule has 0 aromatic heterocycles. The van der Waals surface area contributed by atoms with E-state index in [9.17, 15) is 24.3 Å². The van der Waals surface area contributed by atoms with E-state index in [1.165, 1.54) is 11.8 Å². The Morgan fingerprint density at radius 1 is 1.22 bits per heavy atom. The van der Waals surface area contributed by atoms with Crippen LogP contribution in [-0.2, 0) is 23.9 Å². The molecule has 0 spiro atoms. The minimum Gasteiger partial charge on any atom is -0.457 e. The van der Waals surface area contributed by atoms with Crippen molar-refractivity contribution in [1.82, 2.24) is 21.3 Å². The first-order valence-corrected chi connectivity index (χ1v) is 14.5. The van der Waals surface area contributed by atoms with Crippen molar-refractivity contribution in [3.8, 4) is 0 Å². The lowest BCUT2D eigenvalue weighted by Crippen LogP contribution is -2.59. The number of aliphatic hydroxyl groups is 1. The van der Waals surface area contributed by atoms with Crippen molar-refractivity contribution in [2.75, 3.05) is 18.2 Å². The van der Waals surface area contributed by atoms with E-state index in [1.807, 2.05) is 53.7 Å². The molecular formula is C25H44N4O6S2. The highest BCUT2D eigenvalue weighted by atomic mass is 32.2. The van der Waals surface area contributed by atoms with Crippen LogP contribution in [0.4, 0.5) is 0 Å². The van der Waals surface area contributed by atoms with Crippen LogP contribution in [0.5, 0.6) is 0 Å². The molecule has 12 heteroatoms. The van der Waals surface area contributed by atoms with Crippen molar-refractivity contribution >= 4 is 48.1 Å². The van der Waals surface area contributed by atoms with Crippen LogP contribution in [0, 0.1) is 11.8 Å². The fourth-order valence-corrected chi connectivity index (χ4v) is 4.98. The number of ether oxygens (including phenoxy) is 1. The highest BCUT2D eigenvalue weighted by Gasteiger charge is 2.38. The van der Waals surface area contributed by atoms with Crippen molar-refractivity contribution < 1.29 is 29.0 Å². The van der Waals surface area contributed by atoms with Crippen LogP contribution >= 0.6 is 24.4 Å². The molecule has 1 heterocycles. The molecule has 1 rings (SSSR count). The van der Waals surface area contributed by atoms with E-state index in [0.717, 1.165) is 6.42 Å². The second-order valence-electron chi connectivity index (χ2n) is 9.72. The number of carbonyl (C=O) groups is 4. The Morgan fingerprint density at radius 3 is 2.41 bits per heavy atom. The molecule has 1 aliphatic heterocycles. The molecule has 5 N–H and O–H groups in total. The number of amides is 3. The number of aliphatic hydroxyl groups excluding tert-OH is 1. The molecule has 3 amide bonds. The lowest BCUT2D eigenvalue weighted by atomic mass is 10.0. The van der Waals surface area contributed by atoms with E-state index >= 15 is 0 Å². The summed E-state index contributed by atoms with van der Waals surface area (Å²) in [7, 11) is 0. The van der Waals surface area contributed by atoms with Crippen LogP contribution in [0.25, 0.3) is 0 Å². The molecule has 37 heavy (non-hydrogen) atoms. The van der Waals surface area contributed by atoms with Crippen LogP contribution in [0.15, 0.2) is 12.2 Å². The number of hydrogen-bond acceptors (Lipinski definition) is 9. The number of nitrogens with one attached hydrogen (secondary N) is 4. The minimum atomic E-state index is -0.901. The van der Waals surface area contributed by atoms with Gasteiger partial charge in [0.15, 0.2) is 0 Å². The molecule has 1 fully saturated rings. The Hall–Kier alpha value is -1.76. The van der Waals surface area contributed by atoms with Crippen molar-refractivity contribution in [2.45, 2.75) is 89.9 Å². The smallest absolute Gasteiger partial charge is 0.329 e. The summed E-state index contributed by atoms with van der Waals surface area (Å²) < 4.78 is 5.62. The molecule has 0 aromatic rings. The lowest BCUT2D eigenvalue weighted by molar-refractivity contribution is -0.152. The number of thiol groups is 1. The average Bonchev–Trinajstić information content (AvgIpc) is 2.98. The number of thioether (sulfide) groups is 1. The minimum absolute atomic E-state index is 0.107. The predicted octanol–water partition coefficient (Wildman–Crippen LogP) is 0.994. The first-order valence-electron chi connectivity index (χ1n) is 12.8. The normalized spacial score (nSPS) is 22.8. The van der Waals surface area contributed by atoms with Gasteiger partial charge in [-0.15, -0.1) is 0 Å². The zero-order valence-corrected chi connectivity index (χ0v) is 24.4. The van der Waals surface area contributed by atoms with Crippen LogP contribution in [0.3, 0.4) is 0 Å². The molecule has 10 nitrogen and oxygen atoms in total. The predicted molar refractivity (Wildman–Crippen MR) is 149 cm³/mol. The second-order valence-corrected chi connectivity index (χ2v) is 11.6. The van der Waals surface area contributed by atoms with Gasteiger partial charge in [0, 0.05) is 11.0 Å². The molecule has 0 saturated carbocycles. The summed E-state index contributed by atoms with van der Waals surface area (Å²) in [6.07, 6.45) is 4.69. The van der Waals surface area contributed by atoms with Crippen molar-refractivity contribution in [2.24, 2.45) is 11.8 Å². The summed E-state index contributed by atoms with van der Waals surface area (Å²) in [4.78, 5) is 51.7. The van der Waals surface area contributed by atoms with E-state index in [2.05, 4.69) is 33.9 Å². The molecule has 0 aromatic carbocycles. The molecule has 0 aliphatic carbocycles. The van der Waals surface area contributed by atoms with Gasteiger partial charge < -0.3 is 25.8 Å². The number of rotatable bonds is 14. The maximum atomic E-state index is 13.2. The third kappa shape index (κ3) is 10.9. The highest BCUT2D eigenvalue weighted by molar-refractivity contribution is 8.00. The quantitative estimate of drug-likeness (QED) is 0.0799. The maximum Gasteiger partial charge on any atom is 0.329 e. The van der Waals surface area contributed by atoms with E-state index in [-0.39, 0.29) is 29.6 Å². The Labute approximate surface area is 230 Å². The molecule has 212 valence electrons. The largest absolute Gasteiger partial charge is 0.457 e. The van der Waals surface area contributed by atoms with Crippen LogP contribution < -0.4 is 21.3 Å². The zero-order valence-electron chi connectivity index (χ0n) is 22.7. The van der Waals surface area contributed by atoms with Gasteiger partial charge in [0.05, 0.1) is 12.8 Å². The summed E-state index contributed by atoms with van der Waals surface area (Å²) >= 11 is 5.54. The molecule has 1 aliphatic rings. The third-order valence-electron chi connectivity index (χ3n) is 6.00. The second kappa shape index (κ2) is 17.0. The van der Waals surface area contributed by atoms with Crippen molar-refractivity contribution in [3.63, 3.8) is 0 Å². The van der Waals surface area contributed by atoms with Gasteiger partial charge in [-0.25, -0.2) is 4.79 Å². The third-order valence-corrected chi connectivity index (χ3v) is 7.59. The number of hydrogen-bond donors (Lipinski definition) is 6. The number of carbonyl (C=O) groups excluding carboxylic acids is 4. The van der Waals surface area contributed by atoms with Gasteiger partial charge in [-0.05, 0) is 36.5 Å². The SMILES string of the molecule is CCC(/C=C/CCS)OC(=O)C(NC(=O)C1NC(=O)C(NC(=O)C(NCO)C(C)C)CSC1C)C(C)C.